The number of hydrogen-bond donors (Lipinski definition) is 1. The van der Waals surface area contributed by atoms with Gasteiger partial charge >= 0.3 is 0 Å². The van der Waals surface area contributed by atoms with Gasteiger partial charge in [0.15, 0.2) is 11.6 Å². The number of hydrogen-bond acceptors (Lipinski definition) is 2. The molecule has 5 heteroatoms. The largest absolute Gasteiger partial charge is 0.489 e. The summed E-state index contributed by atoms with van der Waals surface area (Å²) in [4.78, 5) is 0. The molecule has 2 aromatic rings. The van der Waals surface area contributed by atoms with Crippen molar-refractivity contribution < 1.29 is 17.9 Å². The molecule has 0 spiro atoms. The monoisotopic (exact) mass is 333 g/mol. The summed E-state index contributed by atoms with van der Waals surface area (Å²) in [6, 6.07) is 10.5. The zero-order chi connectivity index (χ0) is 17.1. The summed E-state index contributed by atoms with van der Waals surface area (Å²) in [6.07, 6.45) is 2.93. The van der Waals surface area contributed by atoms with E-state index in [1.54, 1.807) is 0 Å². The van der Waals surface area contributed by atoms with Crippen LogP contribution in [0.4, 0.5) is 13.2 Å². The van der Waals surface area contributed by atoms with Crippen molar-refractivity contribution in [3.63, 3.8) is 0 Å². The van der Waals surface area contributed by atoms with Crippen LogP contribution >= 0.6 is 0 Å². The third kappa shape index (κ3) is 3.62. The zero-order valence-corrected chi connectivity index (χ0v) is 13.0. The average molecular weight is 333 g/mol. The van der Waals surface area contributed by atoms with Gasteiger partial charge in [0, 0.05) is 18.0 Å². The zero-order valence-electron chi connectivity index (χ0n) is 13.0. The number of allylic oxidation sites excluding steroid dienone is 1. The Hall–Kier alpha value is -2.27. The lowest BCUT2D eigenvalue weighted by molar-refractivity contribution is 0.335. The predicted octanol–water partition coefficient (Wildman–Crippen LogP) is 4.31. The van der Waals surface area contributed by atoms with E-state index in [9.17, 15) is 13.2 Å². The molecule has 1 aliphatic carbocycles. The maximum Gasteiger partial charge on any atom is 0.161 e. The van der Waals surface area contributed by atoms with Gasteiger partial charge < -0.3 is 10.5 Å². The molecule has 0 saturated heterocycles. The van der Waals surface area contributed by atoms with E-state index in [4.69, 9.17) is 10.5 Å². The first-order valence-corrected chi connectivity index (χ1v) is 7.80. The second-order valence-corrected chi connectivity index (χ2v) is 5.96. The predicted molar refractivity (Wildman–Crippen MR) is 86.3 cm³/mol. The Bertz CT molecular complexity index is 746. The van der Waals surface area contributed by atoms with Gasteiger partial charge in [0.05, 0.1) is 0 Å². The van der Waals surface area contributed by atoms with Crippen LogP contribution in [0.25, 0.3) is 0 Å². The smallest absolute Gasteiger partial charge is 0.161 e. The molecule has 2 N–H and O–H groups in total. The summed E-state index contributed by atoms with van der Waals surface area (Å²) in [5.41, 5.74) is 7.29. The Balaban J connectivity index is 1.70. The van der Waals surface area contributed by atoms with Crippen LogP contribution in [0.5, 0.6) is 5.75 Å². The maximum absolute atomic E-state index is 13.9. The second-order valence-electron chi connectivity index (χ2n) is 5.96. The lowest BCUT2D eigenvalue weighted by Gasteiger charge is -2.29. The van der Waals surface area contributed by atoms with Gasteiger partial charge in [-0.1, -0.05) is 24.3 Å². The van der Waals surface area contributed by atoms with Crippen molar-refractivity contribution in [3.05, 3.63) is 77.1 Å². The van der Waals surface area contributed by atoms with Crippen molar-refractivity contribution in [2.75, 3.05) is 6.61 Å². The average Bonchev–Trinajstić information content (AvgIpc) is 2.58. The van der Waals surface area contributed by atoms with Gasteiger partial charge in [-0.2, -0.15) is 0 Å². The van der Waals surface area contributed by atoms with Crippen LogP contribution in [-0.2, 0) is 0 Å². The van der Waals surface area contributed by atoms with Crippen LogP contribution in [0, 0.1) is 17.5 Å². The summed E-state index contributed by atoms with van der Waals surface area (Å²) in [6.45, 7) is 0.407. The Morgan fingerprint density at radius 1 is 1.00 bits per heavy atom. The molecule has 0 fully saturated rings. The summed E-state index contributed by atoms with van der Waals surface area (Å²) in [7, 11) is 0. The van der Waals surface area contributed by atoms with Crippen molar-refractivity contribution in [1.82, 2.24) is 0 Å². The molecule has 126 valence electrons. The van der Waals surface area contributed by atoms with Crippen molar-refractivity contribution in [2.24, 2.45) is 5.73 Å². The van der Waals surface area contributed by atoms with Gasteiger partial charge in [0.25, 0.3) is 0 Å². The van der Waals surface area contributed by atoms with Crippen molar-refractivity contribution in [1.29, 1.82) is 0 Å². The highest BCUT2D eigenvalue weighted by Gasteiger charge is 2.27. The second kappa shape index (κ2) is 7.09. The molecular formula is C19H18F3NO. The molecule has 0 amide bonds. The lowest BCUT2D eigenvalue weighted by Crippen LogP contribution is -2.33. The van der Waals surface area contributed by atoms with Gasteiger partial charge in [-0.15, -0.1) is 0 Å². The van der Waals surface area contributed by atoms with E-state index in [1.165, 1.54) is 0 Å². The maximum atomic E-state index is 13.9. The Labute approximate surface area is 138 Å². The van der Waals surface area contributed by atoms with E-state index >= 15 is 0 Å². The number of benzene rings is 2. The Morgan fingerprint density at radius 2 is 1.71 bits per heavy atom. The SMILES string of the molecule is NC1CC(COc2ccccc2)=CCC1c1cc(F)c(F)cc1F. The van der Waals surface area contributed by atoms with E-state index in [-0.39, 0.29) is 17.5 Å². The lowest BCUT2D eigenvalue weighted by atomic mass is 9.81. The number of ether oxygens (including phenoxy) is 1. The highest BCUT2D eigenvalue weighted by Crippen LogP contribution is 2.34. The van der Waals surface area contributed by atoms with E-state index in [2.05, 4.69) is 0 Å². The standard InChI is InChI=1S/C19H18F3NO/c20-16-10-18(22)17(21)9-15(16)14-7-6-12(8-19(14)23)11-24-13-4-2-1-3-5-13/h1-6,9-10,14,19H,7-8,11,23H2. The molecule has 0 aliphatic heterocycles. The first kappa shape index (κ1) is 16.6. The fraction of sp³-hybridized carbons (Fsp3) is 0.263. The third-order valence-corrected chi connectivity index (χ3v) is 4.28. The normalized spacial score (nSPS) is 20.6. The highest BCUT2D eigenvalue weighted by atomic mass is 19.2. The topological polar surface area (TPSA) is 35.2 Å². The van der Waals surface area contributed by atoms with E-state index in [1.807, 2.05) is 36.4 Å². The molecular weight excluding hydrogens is 315 g/mol. The van der Waals surface area contributed by atoms with Gasteiger partial charge in [0.1, 0.15) is 18.2 Å². The number of halogens is 3. The Kier molecular flexibility index (Phi) is 4.90. The fourth-order valence-electron chi connectivity index (χ4n) is 2.99. The summed E-state index contributed by atoms with van der Waals surface area (Å²) in [5, 5.41) is 0. The molecule has 0 saturated carbocycles. The van der Waals surface area contributed by atoms with E-state index in [0.717, 1.165) is 17.4 Å². The van der Waals surface area contributed by atoms with Crippen molar-refractivity contribution in [3.8, 4) is 5.75 Å². The molecule has 3 rings (SSSR count). The van der Waals surface area contributed by atoms with E-state index < -0.39 is 17.5 Å². The molecule has 2 aromatic carbocycles. The summed E-state index contributed by atoms with van der Waals surface area (Å²) in [5.74, 6) is -2.61. The van der Waals surface area contributed by atoms with Gasteiger partial charge in [-0.25, -0.2) is 13.2 Å². The molecule has 0 aromatic heterocycles. The molecule has 1 aliphatic rings. The summed E-state index contributed by atoms with van der Waals surface area (Å²) < 4.78 is 46.1. The van der Waals surface area contributed by atoms with Crippen LogP contribution in [0.15, 0.2) is 54.1 Å². The molecule has 0 heterocycles. The minimum Gasteiger partial charge on any atom is -0.489 e. The van der Waals surface area contributed by atoms with Gasteiger partial charge in [-0.3, -0.25) is 0 Å². The number of rotatable bonds is 4. The van der Waals surface area contributed by atoms with Crippen LogP contribution < -0.4 is 10.5 Å². The Morgan fingerprint density at radius 3 is 2.42 bits per heavy atom. The molecule has 2 nitrogen and oxygen atoms in total. The highest BCUT2D eigenvalue weighted by molar-refractivity contribution is 5.29. The fourth-order valence-corrected chi connectivity index (χ4v) is 2.99. The first-order chi connectivity index (χ1) is 11.5. The van der Waals surface area contributed by atoms with Crippen molar-refractivity contribution in [2.45, 2.75) is 24.8 Å². The molecule has 24 heavy (non-hydrogen) atoms. The minimum atomic E-state index is -1.19. The molecule has 2 unspecified atom stereocenters. The molecule has 0 radical (unpaired) electrons. The molecule has 0 bridgehead atoms. The quantitative estimate of drug-likeness (QED) is 0.668. The van der Waals surface area contributed by atoms with Crippen LogP contribution in [0.2, 0.25) is 0 Å². The first-order valence-electron chi connectivity index (χ1n) is 7.80. The van der Waals surface area contributed by atoms with Crippen LogP contribution in [0.3, 0.4) is 0 Å². The number of para-hydroxylation sites is 1. The summed E-state index contributed by atoms with van der Waals surface area (Å²) >= 11 is 0. The van der Waals surface area contributed by atoms with Gasteiger partial charge in [0.2, 0.25) is 0 Å². The minimum absolute atomic E-state index is 0.126. The van der Waals surface area contributed by atoms with Gasteiger partial charge in [-0.05, 0) is 42.2 Å². The van der Waals surface area contributed by atoms with E-state index in [0.29, 0.717) is 25.5 Å². The molecule has 2 atom stereocenters. The number of nitrogens with two attached hydrogens (primary N) is 1. The third-order valence-electron chi connectivity index (χ3n) is 4.28. The van der Waals surface area contributed by atoms with Crippen LogP contribution in [-0.4, -0.2) is 12.6 Å². The van der Waals surface area contributed by atoms with Crippen molar-refractivity contribution >= 4 is 0 Å². The van der Waals surface area contributed by atoms with Crippen LogP contribution in [0.1, 0.15) is 24.3 Å².